The maximum Gasteiger partial charge on any atom is 0.129 e. The van der Waals surface area contributed by atoms with Crippen molar-refractivity contribution in [1.82, 2.24) is 0 Å². The van der Waals surface area contributed by atoms with E-state index in [9.17, 15) is 5.11 Å². The zero-order valence-electron chi connectivity index (χ0n) is 11.4. The Morgan fingerprint density at radius 3 is 2.74 bits per heavy atom. The first-order chi connectivity index (χ1) is 8.96. The molecular weight excluding hydrogens is 256 g/mol. The van der Waals surface area contributed by atoms with Gasteiger partial charge < -0.3 is 9.84 Å². The predicted octanol–water partition coefficient (Wildman–Crippen LogP) is 3.85. The average molecular weight is 274 g/mol. The van der Waals surface area contributed by atoms with Gasteiger partial charge in [-0.1, -0.05) is 18.2 Å². The number of ether oxygens (including phenoxy) is 1. The molecule has 0 aliphatic carbocycles. The Balaban J connectivity index is 2.01. The van der Waals surface area contributed by atoms with Crippen LogP contribution in [-0.2, 0) is 6.42 Å². The third-order valence-corrected chi connectivity index (χ3v) is 4.50. The molecule has 1 atom stereocenters. The summed E-state index contributed by atoms with van der Waals surface area (Å²) < 4.78 is 6.02. The molecule has 2 aromatic rings. The topological polar surface area (TPSA) is 29.5 Å². The minimum absolute atomic E-state index is 0.177. The molecule has 19 heavy (non-hydrogen) atoms. The van der Waals surface area contributed by atoms with Gasteiger partial charge in [-0.2, -0.15) is 0 Å². The van der Waals surface area contributed by atoms with E-state index >= 15 is 0 Å². The van der Waals surface area contributed by atoms with Crippen LogP contribution < -0.4 is 4.74 Å². The van der Waals surface area contributed by atoms with Gasteiger partial charge in [0.15, 0.2) is 0 Å². The number of para-hydroxylation sites is 1. The van der Waals surface area contributed by atoms with Gasteiger partial charge in [0.2, 0.25) is 0 Å². The van der Waals surface area contributed by atoms with Crippen LogP contribution in [0, 0.1) is 6.92 Å². The minimum Gasteiger partial charge on any atom is -0.487 e. The molecule has 1 aromatic carbocycles. The maximum atomic E-state index is 10.6. The molecule has 1 aromatic heterocycles. The zero-order chi connectivity index (χ0) is 13.6. The Morgan fingerprint density at radius 1 is 1.26 bits per heavy atom. The Kier molecular flexibility index (Phi) is 2.91. The van der Waals surface area contributed by atoms with E-state index in [0.29, 0.717) is 0 Å². The van der Waals surface area contributed by atoms with E-state index in [4.69, 9.17) is 4.74 Å². The molecular formula is C16H18O2S. The van der Waals surface area contributed by atoms with Crippen molar-refractivity contribution in [1.29, 1.82) is 0 Å². The number of hydrogen-bond acceptors (Lipinski definition) is 3. The highest BCUT2D eigenvalue weighted by Gasteiger charge is 2.33. The lowest BCUT2D eigenvalue weighted by Crippen LogP contribution is -2.25. The Morgan fingerprint density at radius 2 is 2.05 bits per heavy atom. The summed E-state index contributed by atoms with van der Waals surface area (Å²) in [6.07, 6.45) is 0.300. The third-order valence-electron chi connectivity index (χ3n) is 3.45. The van der Waals surface area contributed by atoms with Crippen LogP contribution in [0.1, 0.15) is 40.8 Å². The second-order valence-corrected chi connectivity index (χ2v) is 7.04. The second-order valence-electron chi connectivity index (χ2n) is 5.72. The van der Waals surface area contributed by atoms with E-state index in [-0.39, 0.29) is 5.60 Å². The molecule has 0 amide bonds. The number of hydrogen-bond donors (Lipinski definition) is 1. The summed E-state index contributed by atoms with van der Waals surface area (Å²) >= 11 is 1.63. The van der Waals surface area contributed by atoms with Gasteiger partial charge in [-0.3, -0.25) is 0 Å². The van der Waals surface area contributed by atoms with Crippen LogP contribution >= 0.6 is 11.3 Å². The smallest absolute Gasteiger partial charge is 0.129 e. The summed E-state index contributed by atoms with van der Waals surface area (Å²) in [5.74, 6) is 0.867. The monoisotopic (exact) mass is 274 g/mol. The van der Waals surface area contributed by atoms with E-state index in [1.165, 1.54) is 10.4 Å². The van der Waals surface area contributed by atoms with E-state index in [2.05, 4.69) is 26.8 Å². The molecule has 0 saturated carbocycles. The van der Waals surface area contributed by atoms with Crippen LogP contribution in [0.5, 0.6) is 5.75 Å². The van der Waals surface area contributed by atoms with Gasteiger partial charge in [0, 0.05) is 21.7 Å². The van der Waals surface area contributed by atoms with Crippen LogP contribution in [0.4, 0.5) is 0 Å². The van der Waals surface area contributed by atoms with Crippen molar-refractivity contribution in [3.63, 3.8) is 0 Å². The van der Waals surface area contributed by atoms with Crippen molar-refractivity contribution in [3.05, 3.63) is 51.2 Å². The fourth-order valence-electron chi connectivity index (χ4n) is 2.61. The normalized spacial score (nSPS) is 17.9. The third kappa shape index (κ3) is 2.28. The first kappa shape index (κ1) is 12.7. The van der Waals surface area contributed by atoms with Crippen molar-refractivity contribution in [2.24, 2.45) is 0 Å². The van der Waals surface area contributed by atoms with Crippen LogP contribution in [0.15, 0.2) is 30.3 Å². The van der Waals surface area contributed by atoms with Crippen LogP contribution in [-0.4, -0.2) is 10.7 Å². The van der Waals surface area contributed by atoms with Gasteiger partial charge in [-0.05, 0) is 38.5 Å². The molecule has 0 spiro atoms. The number of benzene rings is 1. The number of fused-ring (bicyclic) bond motifs is 1. The largest absolute Gasteiger partial charge is 0.487 e. The summed E-state index contributed by atoms with van der Waals surface area (Å²) in [5.41, 5.74) is 1.89. The quantitative estimate of drug-likeness (QED) is 0.901. The fourth-order valence-corrected chi connectivity index (χ4v) is 3.49. The molecule has 3 rings (SSSR count). The minimum atomic E-state index is -0.595. The lowest BCUT2D eigenvalue weighted by atomic mass is 9.98. The summed E-state index contributed by atoms with van der Waals surface area (Å²) in [5, 5.41) is 10.6. The lowest BCUT2D eigenvalue weighted by Gasteiger charge is -2.19. The molecule has 1 aliphatic heterocycles. The van der Waals surface area contributed by atoms with Gasteiger partial charge in [-0.15, -0.1) is 11.3 Å². The van der Waals surface area contributed by atoms with Crippen LogP contribution in [0.2, 0.25) is 0 Å². The molecule has 3 heteroatoms. The fraction of sp³-hybridized carbons (Fsp3) is 0.375. The Labute approximate surface area is 117 Å². The second kappa shape index (κ2) is 4.36. The molecule has 2 heterocycles. The molecule has 0 saturated heterocycles. The molecule has 1 aliphatic rings. The van der Waals surface area contributed by atoms with E-state index in [0.717, 1.165) is 22.6 Å². The van der Waals surface area contributed by atoms with Crippen molar-refractivity contribution in [3.8, 4) is 5.75 Å². The van der Waals surface area contributed by atoms with Crippen LogP contribution in [0.3, 0.4) is 0 Å². The molecule has 0 fully saturated rings. The molecule has 1 unspecified atom stereocenters. The van der Waals surface area contributed by atoms with Crippen LogP contribution in [0.25, 0.3) is 0 Å². The predicted molar refractivity (Wildman–Crippen MR) is 78.0 cm³/mol. The SMILES string of the molecule is Cc1ccc(C(O)c2cccc3c2OC(C)(C)C3)s1. The van der Waals surface area contributed by atoms with E-state index < -0.39 is 6.10 Å². The van der Waals surface area contributed by atoms with Gasteiger partial charge in [-0.25, -0.2) is 0 Å². The average Bonchev–Trinajstić information content (AvgIpc) is 2.89. The number of aliphatic hydroxyl groups is 1. The maximum absolute atomic E-state index is 10.6. The molecule has 2 nitrogen and oxygen atoms in total. The highest BCUT2D eigenvalue weighted by atomic mass is 32.1. The van der Waals surface area contributed by atoms with Gasteiger partial charge in [0.25, 0.3) is 0 Å². The van der Waals surface area contributed by atoms with Gasteiger partial charge in [0.05, 0.1) is 0 Å². The van der Waals surface area contributed by atoms with Crippen molar-refractivity contribution < 1.29 is 9.84 Å². The van der Waals surface area contributed by atoms with E-state index in [1.807, 2.05) is 24.3 Å². The summed E-state index contributed by atoms with van der Waals surface area (Å²) in [7, 11) is 0. The first-order valence-electron chi connectivity index (χ1n) is 6.51. The molecule has 0 radical (unpaired) electrons. The van der Waals surface area contributed by atoms with Gasteiger partial charge in [0.1, 0.15) is 17.5 Å². The number of aliphatic hydroxyl groups excluding tert-OH is 1. The molecule has 1 N–H and O–H groups in total. The first-order valence-corrected chi connectivity index (χ1v) is 7.33. The zero-order valence-corrected chi connectivity index (χ0v) is 12.3. The van der Waals surface area contributed by atoms with E-state index in [1.54, 1.807) is 11.3 Å². The highest BCUT2D eigenvalue weighted by molar-refractivity contribution is 7.12. The lowest BCUT2D eigenvalue weighted by molar-refractivity contribution is 0.131. The van der Waals surface area contributed by atoms with Crippen molar-refractivity contribution in [2.75, 3.05) is 0 Å². The highest BCUT2D eigenvalue weighted by Crippen LogP contribution is 2.42. The van der Waals surface area contributed by atoms with Crippen molar-refractivity contribution >= 4 is 11.3 Å². The Hall–Kier alpha value is -1.32. The standard InChI is InChI=1S/C16H18O2S/c1-10-7-8-13(19-10)14(17)12-6-4-5-11-9-16(2,3)18-15(11)12/h4-8,14,17H,9H2,1-3H3. The van der Waals surface area contributed by atoms with Gasteiger partial charge >= 0.3 is 0 Å². The van der Waals surface area contributed by atoms with Crippen molar-refractivity contribution in [2.45, 2.75) is 38.9 Å². The number of thiophene rings is 1. The molecule has 0 bridgehead atoms. The summed E-state index contributed by atoms with van der Waals surface area (Å²) in [6, 6.07) is 10.1. The number of rotatable bonds is 2. The Bertz CT molecular complexity index is 613. The summed E-state index contributed by atoms with van der Waals surface area (Å²) in [6.45, 7) is 6.22. The summed E-state index contributed by atoms with van der Waals surface area (Å²) in [4.78, 5) is 2.18. The molecule has 100 valence electrons. The number of aryl methyl sites for hydroxylation is 1.